The van der Waals surface area contributed by atoms with E-state index in [-0.39, 0.29) is 5.91 Å². The molecule has 1 fully saturated rings. The molecule has 1 aliphatic rings. The second-order valence-corrected chi connectivity index (χ2v) is 8.10. The van der Waals surface area contributed by atoms with E-state index in [1.165, 1.54) is 0 Å². The van der Waals surface area contributed by atoms with Crippen LogP contribution >= 0.6 is 23.8 Å². The van der Waals surface area contributed by atoms with Gasteiger partial charge in [-0.25, -0.2) is 0 Å². The van der Waals surface area contributed by atoms with E-state index in [1.807, 2.05) is 54.8 Å². The van der Waals surface area contributed by atoms with Crippen LogP contribution in [0.5, 0.6) is 0 Å². The first-order chi connectivity index (χ1) is 10.6. The number of nitrogens with two attached hydrogens (primary N) is 1. The second-order valence-electron chi connectivity index (χ2n) is 7.25. The van der Waals surface area contributed by atoms with Crippen molar-refractivity contribution in [1.82, 2.24) is 9.80 Å². The normalized spacial score (nSPS) is 22.1. The number of thiocarbonyl (C=S) groups is 1. The van der Waals surface area contributed by atoms with Crippen molar-refractivity contribution in [2.75, 3.05) is 19.6 Å². The molecule has 0 bridgehead atoms. The summed E-state index contributed by atoms with van der Waals surface area (Å²) in [5.74, 6) is 0.123. The molecule has 1 aromatic carbocycles. The van der Waals surface area contributed by atoms with Crippen LogP contribution < -0.4 is 5.73 Å². The van der Waals surface area contributed by atoms with Crippen molar-refractivity contribution in [2.24, 2.45) is 11.1 Å². The Morgan fingerprint density at radius 2 is 1.83 bits per heavy atom. The summed E-state index contributed by atoms with van der Waals surface area (Å²) in [5, 5.41) is 1.04. The summed E-state index contributed by atoms with van der Waals surface area (Å²) in [6.45, 7) is 9.70. The summed E-state index contributed by atoms with van der Waals surface area (Å²) in [7, 11) is 0. The molecule has 2 N–H and O–H groups in total. The third kappa shape index (κ3) is 3.61. The quantitative estimate of drug-likeness (QED) is 0.788. The third-order valence-electron chi connectivity index (χ3n) is 4.35. The van der Waals surface area contributed by atoms with E-state index in [4.69, 9.17) is 29.6 Å². The van der Waals surface area contributed by atoms with Gasteiger partial charge in [0.1, 0.15) is 0 Å². The highest BCUT2D eigenvalue weighted by atomic mass is 35.5. The van der Waals surface area contributed by atoms with E-state index in [0.717, 1.165) is 5.56 Å². The van der Waals surface area contributed by atoms with E-state index in [9.17, 15) is 4.79 Å². The van der Waals surface area contributed by atoms with Gasteiger partial charge in [-0.1, -0.05) is 44.5 Å². The highest BCUT2D eigenvalue weighted by molar-refractivity contribution is 7.80. The van der Waals surface area contributed by atoms with Crippen LogP contribution in [0.2, 0.25) is 5.02 Å². The molecule has 1 unspecified atom stereocenters. The van der Waals surface area contributed by atoms with E-state index in [1.54, 1.807) is 0 Å². The molecule has 1 atom stereocenters. The SMILES string of the molecule is CC(C)(C)C(=O)N1CCN(C(N)=S)CC1(C)c1ccc(Cl)cc1. The average molecular weight is 354 g/mol. The predicted molar refractivity (Wildman–Crippen MR) is 98.3 cm³/mol. The van der Waals surface area contributed by atoms with Crippen molar-refractivity contribution in [2.45, 2.75) is 33.2 Å². The van der Waals surface area contributed by atoms with Crippen LogP contribution in [0, 0.1) is 5.41 Å². The van der Waals surface area contributed by atoms with Crippen LogP contribution in [0.15, 0.2) is 24.3 Å². The highest BCUT2D eigenvalue weighted by Gasteiger charge is 2.44. The largest absolute Gasteiger partial charge is 0.376 e. The molecule has 1 aromatic rings. The second kappa shape index (κ2) is 6.29. The van der Waals surface area contributed by atoms with E-state index in [0.29, 0.717) is 29.8 Å². The first-order valence-electron chi connectivity index (χ1n) is 7.68. The van der Waals surface area contributed by atoms with Gasteiger partial charge in [-0.15, -0.1) is 0 Å². The van der Waals surface area contributed by atoms with Gasteiger partial charge in [0.15, 0.2) is 5.11 Å². The van der Waals surface area contributed by atoms with Crippen molar-refractivity contribution < 1.29 is 4.79 Å². The summed E-state index contributed by atoms with van der Waals surface area (Å²) < 4.78 is 0. The topological polar surface area (TPSA) is 49.6 Å². The number of hydrogen-bond donors (Lipinski definition) is 1. The van der Waals surface area contributed by atoms with Crippen LogP contribution in [-0.4, -0.2) is 40.5 Å². The van der Waals surface area contributed by atoms with Gasteiger partial charge in [0.2, 0.25) is 5.91 Å². The Hall–Kier alpha value is -1.33. The van der Waals surface area contributed by atoms with Gasteiger partial charge in [-0.2, -0.15) is 0 Å². The van der Waals surface area contributed by atoms with E-state index in [2.05, 4.69) is 6.92 Å². The van der Waals surface area contributed by atoms with E-state index < -0.39 is 11.0 Å². The number of hydrogen-bond acceptors (Lipinski definition) is 2. The minimum atomic E-state index is -0.503. The molecule has 1 aliphatic heterocycles. The maximum absolute atomic E-state index is 13.0. The molecule has 126 valence electrons. The lowest BCUT2D eigenvalue weighted by atomic mass is 9.84. The first kappa shape index (κ1) is 18.0. The number of amides is 1. The van der Waals surface area contributed by atoms with Gasteiger partial charge in [-0.05, 0) is 36.8 Å². The predicted octanol–water partition coefficient (Wildman–Crippen LogP) is 2.99. The van der Waals surface area contributed by atoms with Crippen LogP contribution in [0.3, 0.4) is 0 Å². The van der Waals surface area contributed by atoms with Gasteiger partial charge < -0.3 is 15.5 Å². The number of nitrogens with zero attached hydrogens (tertiary/aromatic N) is 2. The number of carbonyl (C=O) groups is 1. The van der Waals surface area contributed by atoms with Crippen molar-refractivity contribution in [3.8, 4) is 0 Å². The first-order valence-corrected chi connectivity index (χ1v) is 8.47. The minimum absolute atomic E-state index is 0.123. The standard InChI is InChI=1S/C17H24ClN3OS/c1-16(2,3)14(22)21-10-9-20(15(19)23)11-17(21,4)12-5-7-13(18)8-6-12/h5-8H,9-11H2,1-4H3,(H2,19,23). The Morgan fingerprint density at radius 3 is 2.30 bits per heavy atom. The summed E-state index contributed by atoms with van der Waals surface area (Å²) in [5.41, 5.74) is 5.91. The fourth-order valence-corrected chi connectivity index (χ4v) is 3.26. The van der Waals surface area contributed by atoms with Crippen LogP contribution in [0.25, 0.3) is 0 Å². The molecule has 0 aliphatic carbocycles. The van der Waals surface area contributed by atoms with Gasteiger partial charge in [0.05, 0.1) is 5.54 Å². The molecule has 1 amide bonds. The van der Waals surface area contributed by atoms with E-state index >= 15 is 0 Å². The summed E-state index contributed by atoms with van der Waals surface area (Å²) in [6.07, 6.45) is 0. The van der Waals surface area contributed by atoms with Gasteiger partial charge in [0.25, 0.3) is 0 Å². The molecule has 0 aromatic heterocycles. The number of benzene rings is 1. The Morgan fingerprint density at radius 1 is 1.26 bits per heavy atom. The van der Waals surface area contributed by atoms with Gasteiger partial charge in [-0.3, -0.25) is 4.79 Å². The molecule has 6 heteroatoms. The molecule has 1 saturated heterocycles. The Labute approximate surface area is 148 Å². The zero-order valence-electron chi connectivity index (χ0n) is 14.1. The smallest absolute Gasteiger partial charge is 0.228 e. The number of halogens is 1. The van der Waals surface area contributed by atoms with Crippen LogP contribution in [0.1, 0.15) is 33.3 Å². The van der Waals surface area contributed by atoms with Crippen molar-refractivity contribution >= 4 is 34.8 Å². The fourth-order valence-electron chi connectivity index (χ4n) is 2.98. The maximum Gasteiger partial charge on any atom is 0.228 e. The van der Waals surface area contributed by atoms with Crippen LogP contribution in [-0.2, 0) is 10.3 Å². The average Bonchev–Trinajstić information content (AvgIpc) is 2.46. The Balaban J connectivity index is 2.46. The molecule has 0 radical (unpaired) electrons. The lowest BCUT2D eigenvalue weighted by Gasteiger charge is -2.51. The summed E-state index contributed by atoms with van der Waals surface area (Å²) in [6, 6.07) is 7.63. The molecular weight excluding hydrogens is 330 g/mol. The molecule has 0 saturated carbocycles. The lowest BCUT2D eigenvalue weighted by Crippen LogP contribution is -2.63. The molecule has 23 heavy (non-hydrogen) atoms. The van der Waals surface area contributed by atoms with Crippen molar-refractivity contribution in [3.05, 3.63) is 34.9 Å². The van der Waals surface area contributed by atoms with Gasteiger partial charge >= 0.3 is 0 Å². The minimum Gasteiger partial charge on any atom is -0.376 e. The van der Waals surface area contributed by atoms with Crippen molar-refractivity contribution in [3.63, 3.8) is 0 Å². The number of carbonyl (C=O) groups excluding carboxylic acids is 1. The summed E-state index contributed by atoms with van der Waals surface area (Å²) >= 11 is 11.2. The number of piperazine rings is 1. The number of rotatable bonds is 1. The van der Waals surface area contributed by atoms with Crippen LogP contribution in [0.4, 0.5) is 0 Å². The lowest BCUT2D eigenvalue weighted by molar-refractivity contribution is -0.149. The highest BCUT2D eigenvalue weighted by Crippen LogP contribution is 2.36. The zero-order chi connectivity index (χ0) is 17.4. The Kier molecular flexibility index (Phi) is 4.92. The molecule has 4 nitrogen and oxygen atoms in total. The Bertz CT molecular complexity index is 611. The van der Waals surface area contributed by atoms with Crippen molar-refractivity contribution in [1.29, 1.82) is 0 Å². The zero-order valence-corrected chi connectivity index (χ0v) is 15.7. The van der Waals surface area contributed by atoms with Gasteiger partial charge in [0, 0.05) is 30.1 Å². The summed E-state index contributed by atoms with van der Waals surface area (Å²) in [4.78, 5) is 16.9. The monoisotopic (exact) mass is 353 g/mol. The molecule has 0 spiro atoms. The fraction of sp³-hybridized carbons (Fsp3) is 0.529. The maximum atomic E-state index is 13.0. The molecule has 1 heterocycles. The molecular formula is C17H24ClN3OS. The molecule has 2 rings (SSSR count). The third-order valence-corrected chi connectivity index (χ3v) is 4.86.